The lowest BCUT2D eigenvalue weighted by molar-refractivity contribution is -0.143. The molecule has 0 aromatic carbocycles. The number of ether oxygens (including phenoxy) is 2. The molecule has 0 saturated carbocycles. The van der Waals surface area contributed by atoms with E-state index in [4.69, 9.17) is 9.47 Å². The minimum atomic E-state index is -0.599. The second kappa shape index (κ2) is 6.14. The van der Waals surface area contributed by atoms with Gasteiger partial charge in [-0.2, -0.15) is 0 Å². The van der Waals surface area contributed by atoms with E-state index in [0.29, 0.717) is 28.7 Å². The Balaban J connectivity index is 2.08. The third kappa shape index (κ3) is 2.68. The Morgan fingerprint density at radius 3 is 2.60 bits per heavy atom. The minimum absolute atomic E-state index is 0.0448. The van der Waals surface area contributed by atoms with Gasteiger partial charge in [-0.05, 0) is 40.7 Å². The van der Waals surface area contributed by atoms with Crippen LogP contribution in [0, 0.1) is 5.92 Å². The van der Waals surface area contributed by atoms with Gasteiger partial charge in [0.15, 0.2) is 5.78 Å². The summed E-state index contributed by atoms with van der Waals surface area (Å²) in [5.74, 6) is -1.16. The first-order chi connectivity index (χ1) is 11.8. The highest BCUT2D eigenvalue weighted by atomic mass is 16.6. The molecule has 25 heavy (non-hydrogen) atoms. The maximum atomic E-state index is 12.4. The lowest BCUT2D eigenvalue weighted by Crippen LogP contribution is -2.30. The molecule has 0 spiro atoms. The molecule has 0 amide bonds. The van der Waals surface area contributed by atoms with E-state index in [1.54, 1.807) is 32.9 Å². The standard InChI is InChI=1S/C20H22O5/c1-6-9(2)19(22)24-14-8-11(4)15-13(21)7-10(3)16(15)18-17(14)12(5)20(23)25-18/h6-7,14,16,18H,8H2,1-5H3/b9-6-/t14-,16+,18-/m0/s1. The van der Waals surface area contributed by atoms with Gasteiger partial charge in [0.2, 0.25) is 0 Å². The summed E-state index contributed by atoms with van der Waals surface area (Å²) in [4.78, 5) is 36.9. The molecule has 0 unspecified atom stereocenters. The summed E-state index contributed by atoms with van der Waals surface area (Å²) in [5, 5.41) is 0. The zero-order valence-electron chi connectivity index (χ0n) is 15.1. The minimum Gasteiger partial charge on any atom is -0.454 e. The highest BCUT2D eigenvalue weighted by Gasteiger charge is 2.49. The van der Waals surface area contributed by atoms with Crippen molar-refractivity contribution in [3.8, 4) is 0 Å². The van der Waals surface area contributed by atoms with Crippen molar-refractivity contribution in [3.63, 3.8) is 0 Å². The van der Waals surface area contributed by atoms with Crippen molar-refractivity contribution in [1.82, 2.24) is 0 Å². The van der Waals surface area contributed by atoms with Crippen LogP contribution in [0.3, 0.4) is 0 Å². The van der Waals surface area contributed by atoms with E-state index in [2.05, 4.69) is 0 Å². The second-order valence-electron chi connectivity index (χ2n) is 6.90. The Morgan fingerprint density at radius 2 is 1.96 bits per heavy atom. The largest absolute Gasteiger partial charge is 0.454 e. The molecule has 1 heterocycles. The topological polar surface area (TPSA) is 69.7 Å². The van der Waals surface area contributed by atoms with Crippen molar-refractivity contribution in [3.05, 3.63) is 45.6 Å². The number of esters is 2. The van der Waals surface area contributed by atoms with Crippen molar-refractivity contribution in [1.29, 1.82) is 0 Å². The first-order valence-electron chi connectivity index (χ1n) is 8.44. The van der Waals surface area contributed by atoms with E-state index in [1.165, 1.54) is 0 Å². The highest BCUT2D eigenvalue weighted by molar-refractivity contribution is 6.09. The first kappa shape index (κ1) is 17.4. The fourth-order valence-electron chi connectivity index (χ4n) is 3.84. The second-order valence-corrected chi connectivity index (χ2v) is 6.90. The third-order valence-electron chi connectivity index (χ3n) is 5.31. The van der Waals surface area contributed by atoms with Crippen LogP contribution >= 0.6 is 0 Å². The van der Waals surface area contributed by atoms with E-state index in [0.717, 1.165) is 11.1 Å². The summed E-state index contributed by atoms with van der Waals surface area (Å²) >= 11 is 0. The Hall–Kier alpha value is -2.43. The van der Waals surface area contributed by atoms with Gasteiger partial charge in [-0.1, -0.05) is 17.2 Å². The molecule has 5 nitrogen and oxygen atoms in total. The summed E-state index contributed by atoms with van der Waals surface area (Å²) in [5.41, 5.74) is 4.09. The zero-order chi connectivity index (χ0) is 18.5. The SMILES string of the molecule is C/C=C(/C)C(=O)O[C@H]1CC(C)=C2C(=O)C=C(C)[C@H]2[C@@H]2OC(=O)C(C)=C12. The molecule has 0 bridgehead atoms. The normalized spacial score (nSPS) is 29.2. The van der Waals surface area contributed by atoms with E-state index >= 15 is 0 Å². The van der Waals surface area contributed by atoms with Crippen LogP contribution < -0.4 is 0 Å². The molecule has 0 aromatic rings. The van der Waals surface area contributed by atoms with Gasteiger partial charge < -0.3 is 9.47 Å². The van der Waals surface area contributed by atoms with Crippen LogP contribution in [0.1, 0.15) is 41.0 Å². The van der Waals surface area contributed by atoms with Crippen molar-refractivity contribution >= 4 is 17.7 Å². The lowest BCUT2D eigenvalue weighted by atomic mass is 9.86. The van der Waals surface area contributed by atoms with Crippen molar-refractivity contribution in [2.75, 3.05) is 0 Å². The molecule has 3 aliphatic rings. The molecule has 132 valence electrons. The number of carbonyl (C=O) groups is 3. The fraction of sp³-hybridized carbons (Fsp3) is 0.450. The van der Waals surface area contributed by atoms with Gasteiger partial charge in [0.1, 0.15) is 12.2 Å². The van der Waals surface area contributed by atoms with Crippen LogP contribution in [0.25, 0.3) is 0 Å². The van der Waals surface area contributed by atoms with Crippen LogP contribution in [0.4, 0.5) is 0 Å². The van der Waals surface area contributed by atoms with Crippen LogP contribution in [0.2, 0.25) is 0 Å². The molecule has 5 heteroatoms. The fourth-order valence-corrected chi connectivity index (χ4v) is 3.84. The molecular formula is C20H22O5. The molecule has 0 fully saturated rings. The van der Waals surface area contributed by atoms with Crippen LogP contribution in [-0.2, 0) is 23.9 Å². The lowest BCUT2D eigenvalue weighted by Gasteiger charge is -2.25. The molecule has 2 aliphatic carbocycles. The number of hydrogen-bond acceptors (Lipinski definition) is 5. The van der Waals surface area contributed by atoms with Crippen molar-refractivity contribution < 1.29 is 23.9 Å². The van der Waals surface area contributed by atoms with Crippen molar-refractivity contribution in [2.45, 2.75) is 53.2 Å². The van der Waals surface area contributed by atoms with Gasteiger partial charge in [-0.15, -0.1) is 0 Å². The highest BCUT2D eigenvalue weighted by Crippen LogP contribution is 2.46. The van der Waals surface area contributed by atoms with Crippen LogP contribution in [0.15, 0.2) is 45.6 Å². The summed E-state index contributed by atoms with van der Waals surface area (Å²) in [6.07, 6.45) is 2.51. The molecule has 0 aromatic heterocycles. The molecule has 1 aliphatic heterocycles. The Labute approximate surface area is 147 Å². The quantitative estimate of drug-likeness (QED) is 0.570. The average molecular weight is 342 g/mol. The smallest absolute Gasteiger partial charge is 0.334 e. The predicted octanol–water partition coefficient (Wildman–Crippen LogP) is 2.97. The number of ketones is 1. The predicted molar refractivity (Wildman–Crippen MR) is 91.5 cm³/mol. The monoisotopic (exact) mass is 342 g/mol. The van der Waals surface area contributed by atoms with Gasteiger partial charge in [0.25, 0.3) is 0 Å². The summed E-state index contributed by atoms with van der Waals surface area (Å²) in [6, 6.07) is 0. The van der Waals surface area contributed by atoms with Gasteiger partial charge in [0, 0.05) is 28.7 Å². The number of allylic oxidation sites excluding steroid dienone is 2. The number of hydrogen-bond donors (Lipinski definition) is 0. The van der Waals surface area contributed by atoms with Gasteiger partial charge in [-0.3, -0.25) is 4.79 Å². The van der Waals surface area contributed by atoms with Gasteiger partial charge >= 0.3 is 11.9 Å². The molecule has 3 atom stereocenters. The van der Waals surface area contributed by atoms with E-state index in [1.807, 2.05) is 13.8 Å². The number of rotatable bonds is 2. The molecule has 3 rings (SSSR count). The van der Waals surface area contributed by atoms with E-state index in [9.17, 15) is 14.4 Å². The summed E-state index contributed by atoms with van der Waals surface area (Å²) in [6.45, 7) is 8.90. The number of carbonyl (C=O) groups excluding carboxylic acids is 3. The van der Waals surface area contributed by atoms with Crippen molar-refractivity contribution in [2.24, 2.45) is 5.92 Å². The Morgan fingerprint density at radius 1 is 1.28 bits per heavy atom. The average Bonchev–Trinajstić information content (AvgIpc) is 2.96. The maximum absolute atomic E-state index is 12.4. The summed E-state index contributed by atoms with van der Waals surface area (Å²) in [7, 11) is 0. The summed E-state index contributed by atoms with van der Waals surface area (Å²) < 4.78 is 11.3. The Bertz CT molecular complexity index is 806. The molecular weight excluding hydrogens is 320 g/mol. The van der Waals surface area contributed by atoms with E-state index in [-0.39, 0.29) is 11.7 Å². The maximum Gasteiger partial charge on any atom is 0.334 e. The number of fused-ring (bicyclic) bond motifs is 3. The first-order valence-corrected chi connectivity index (χ1v) is 8.44. The Kier molecular flexibility index (Phi) is 4.27. The van der Waals surface area contributed by atoms with Gasteiger partial charge in [-0.25, -0.2) is 9.59 Å². The van der Waals surface area contributed by atoms with Crippen LogP contribution in [-0.4, -0.2) is 29.9 Å². The third-order valence-corrected chi connectivity index (χ3v) is 5.31. The molecule has 0 radical (unpaired) electrons. The molecule has 0 N–H and O–H groups in total. The van der Waals surface area contributed by atoms with Crippen LogP contribution in [0.5, 0.6) is 0 Å². The molecule has 0 saturated heterocycles. The van der Waals surface area contributed by atoms with E-state index < -0.39 is 24.1 Å². The zero-order valence-corrected chi connectivity index (χ0v) is 15.1. The van der Waals surface area contributed by atoms with Gasteiger partial charge in [0.05, 0.1) is 5.92 Å².